The van der Waals surface area contributed by atoms with Gasteiger partial charge >= 0.3 is 0 Å². The summed E-state index contributed by atoms with van der Waals surface area (Å²) in [5.74, 6) is 2.38. The van der Waals surface area contributed by atoms with Crippen LogP contribution in [-0.2, 0) is 4.79 Å². The monoisotopic (exact) mass is 541 g/mol. The maximum Gasteiger partial charge on any atom is 0.156 e. The summed E-state index contributed by atoms with van der Waals surface area (Å²) in [5.41, 5.74) is 3.05. The van der Waals surface area contributed by atoms with Crippen molar-refractivity contribution in [2.75, 3.05) is 0 Å². The number of aliphatic hydroxyl groups excluding tert-OH is 1. The van der Waals surface area contributed by atoms with Crippen LogP contribution in [0, 0.1) is 72.6 Å². The van der Waals surface area contributed by atoms with E-state index in [1.54, 1.807) is 6.92 Å². The van der Waals surface area contributed by atoms with Crippen LogP contribution in [0.4, 0.5) is 0 Å². The zero-order valence-corrected chi connectivity index (χ0v) is 20.1. The zero-order valence-electron chi connectivity index (χ0n) is 15.3. The third-order valence-corrected chi connectivity index (χ3v) is 8.04. The molecule has 2 fully saturated rings. The van der Waals surface area contributed by atoms with E-state index < -0.39 is 0 Å². The summed E-state index contributed by atoms with van der Waals surface area (Å²) in [6, 6.07) is 0. The molecular weight excluding hydrogens is 511 g/mol. The molecule has 2 saturated carbocycles. The minimum Gasteiger partial charge on any atom is -0.393 e. The van der Waals surface area contributed by atoms with E-state index in [-0.39, 0.29) is 61.4 Å². The van der Waals surface area contributed by atoms with Crippen molar-refractivity contribution in [1.82, 2.24) is 0 Å². The number of allylic oxidation sites excluding steroid dienone is 3. The van der Waals surface area contributed by atoms with Crippen LogP contribution in [0.3, 0.4) is 0 Å². The minimum absolute atomic E-state index is 0. The molecule has 24 heavy (non-hydrogen) atoms. The van der Waals surface area contributed by atoms with E-state index >= 15 is 0 Å². The molecule has 4 rings (SSSR count). The minimum atomic E-state index is -0.128. The zero-order chi connectivity index (χ0) is 16.4. The summed E-state index contributed by atoms with van der Waals surface area (Å²) in [4.78, 5) is 12.1. The number of ketones is 1. The number of carbonyl (C=O) groups is 1. The van der Waals surface area contributed by atoms with E-state index in [1.165, 1.54) is 12.0 Å². The van der Waals surface area contributed by atoms with Crippen LogP contribution >= 0.6 is 0 Å². The van der Waals surface area contributed by atoms with Gasteiger partial charge in [0.1, 0.15) is 0 Å². The fourth-order valence-electron chi connectivity index (χ4n) is 6.75. The summed E-state index contributed by atoms with van der Waals surface area (Å²) in [5, 5.41) is 10.1. The van der Waals surface area contributed by atoms with Crippen LogP contribution in [0.5, 0.6) is 0 Å². The van der Waals surface area contributed by atoms with Crippen molar-refractivity contribution < 1.29 is 54.0 Å². The van der Waals surface area contributed by atoms with Gasteiger partial charge < -0.3 is 5.11 Å². The Balaban J connectivity index is 0.00000169. The maximum absolute atomic E-state index is 12.1. The van der Waals surface area contributed by atoms with E-state index in [0.717, 1.165) is 50.0 Å². The average molecular weight is 541 g/mol. The fraction of sp³-hybridized carbons (Fsp3) is 0.762. The molecule has 0 spiro atoms. The van der Waals surface area contributed by atoms with Gasteiger partial charge in [0.25, 0.3) is 0 Å². The Morgan fingerprint density at radius 3 is 2.50 bits per heavy atom. The van der Waals surface area contributed by atoms with Gasteiger partial charge in [-0.2, -0.15) is 0 Å². The number of rotatable bonds is 1. The molecule has 129 valence electrons. The first-order chi connectivity index (χ1) is 10.9. The van der Waals surface area contributed by atoms with E-state index in [0.29, 0.717) is 17.3 Å². The SMILES string of the molecule is CC(=O)C1=CCC2C3CC=C4CC(O)CCC4(C)C3CCC12C.[Ac]. The van der Waals surface area contributed by atoms with E-state index in [4.69, 9.17) is 0 Å². The second-order valence-electron chi connectivity index (χ2n) is 9.02. The molecule has 0 amide bonds. The molecule has 0 saturated heterocycles. The molecular formula is C21H30AcO2. The molecule has 0 aromatic carbocycles. The van der Waals surface area contributed by atoms with Crippen LogP contribution in [0.15, 0.2) is 23.3 Å². The predicted octanol–water partition coefficient (Wildman–Crippen LogP) is 4.44. The Morgan fingerprint density at radius 1 is 1.08 bits per heavy atom. The van der Waals surface area contributed by atoms with Gasteiger partial charge in [0.05, 0.1) is 6.10 Å². The fourth-order valence-corrected chi connectivity index (χ4v) is 6.75. The summed E-state index contributed by atoms with van der Waals surface area (Å²) in [6.07, 6.45) is 12.2. The summed E-state index contributed by atoms with van der Waals surface area (Å²) in [7, 11) is 0. The molecule has 1 N–H and O–H groups in total. The van der Waals surface area contributed by atoms with Crippen LogP contribution in [-0.4, -0.2) is 17.0 Å². The molecule has 1 radical (unpaired) electrons. The van der Waals surface area contributed by atoms with Gasteiger partial charge in [0, 0.05) is 44.1 Å². The topological polar surface area (TPSA) is 37.3 Å². The van der Waals surface area contributed by atoms with Crippen LogP contribution in [0.1, 0.15) is 65.7 Å². The average Bonchev–Trinajstić information content (AvgIpc) is 2.85. The number of hydrogen-bond acceptors (Lipinski definition) is 2. The first-order valence-electron chi connectivity index (χ1n) is 9.45. The molecule has 4 aliphatic carbocycles. The quantitative estimate of drug-likeness (QED) is 0.499. The molecule has 4 aliphatic rings. The number of carbonyl (C=O) groups excluding carboxylic acids is 1. The Morgan fingerprint density at radius 2 is 1.79 bits per heavy atom. The smallest absolute Gasteiger partial charge is 0.156 e. The maximum atomic E-state index is 12.1. The normalized spacial score (nSPS) is 46.7. The largest absolute Gasteiger partial charge is 0.393 e. The first kappa shape index (κ1) is 19.3. The number of fused-ring (bicyclic) bond motifs is 5. The van der Waals surface area contributed by atoms with E-state index in [2.05, 4.69) is 26.0 Å². The Hall–Kier alpha value is 0.552. The van der Waals surface area contributed by atoms with Crippen molar-refractivity contribution in [3.63, 3.8) is 0 Å². The van der Waals surface area contributed by atoms with Crippen molar-refractivity contribution in [1.29, 1.82) is 0 Å². The van der Waals surface area contributed by atoms with Crippen molar-refractivity contribution in [2.24, 2.45) is 28.6 Å². The van der Waals surface area contributed by atoms with Gasteiger partial charge in [0.2, 0.25) is 0 Å². The Bertz CT molecular complexity index is 607. The second-order valence-corrected chi connectivity index (χ2v) is 9.02. The summed E-state index contributed by atoms with van der Waals surface area (Å²) in [6.45, 7) is 6.55. The first-order valence-corrected chi connectivity index (χ1v) is 9.45. The van der Waals surface area contributed by atoms with Crippen molar-refractivity contribution in [2.45, 2.75) is 71.8 Å². The van der Waals surface area contributed by atoms with Gasteiger partial charge in [0.15, 0.2) is 5.78 Å². The van der Waals surface area contributed by atoms with Crippen molar-refractivity contribution >= 4 is 5.78 Å². The van der Waals surface area contributed by atoms with Gasteiger partial charge in [-0.25, -0.2) is 0 Å². The predicted molar refractivity (Wildman–Crippen MR) is 91.9 cm³/mol. The third-order valence-electron chi connectivity index (χ3n) is 8.04. The molecule has 0 bridgehead atoms. The molecule has 6 atom stereocenters. The molecule has 6 unspecified atom stereocenters. The molecule has 2 nitrogen and oxygen atoms in total. The van der Waals surface area contributed by atoms with Crippen LogP contribution in [0.25, 0.3) is 0 Å². The Kier molecular flexibility index (Phi) is 5.32. The van der Waals surface area contributed by atoms with Gasteiger partial charge in [-0.3, -0.25) is 4.79 Å². The molecule has 0 aliphatic heterocycles. The van der Waals surface area contributed by atoms with Crippen LogP contribution in [0.2, 0.25) is 0 Å². The molecule has 0 aromatic rings. The molecule has 0 aromatic heterocycles. The summed E-state index contributed by atoms with van der Waals surface area (Å²) < 4.78 is 0. The Labute approximate surface area is 182 Å². The standard InChI is InChI=1S/C21H30O2.Ac/c1-13(22)17-6-7-18-16-5-4-14-12-15(23)8-10-20(14,2)19(16)9-11-21(17,18)3;/h4,6,15-16,18-19,23H,5,7-12H2,1-3H3;. The molecule has 0 heterocycles. The number of hydrogen-bond donors (Lipinski definition) is 1. The van der Waals surface area contributed by atoms with Gasteiger partial charge in [-0.1, -0.05) is 31.6 Å². The van der Waals surface area contributed by atoms with Crippen molar-refractivity contribution in [3.05, 3.63) is 23.3 Å². The van der Waals surface area contributed by atoms with Crippen molar-refractivity contribution in [3.8, 4) is 0 Å². The van der Waals surface area contributed by atoms with Gasteiger partial charge in [-0.15, -0.1) is 0 Å². The number of Topliss-reactive ketones (excluding diaryl/α,β-unsaturated/α-hetero) is 1. The third kappa shape index (κ3) is 2.68. The van der Waals surface area contributed by atoms with Crippen LogP contribution < -0.4 is 0 Å². The van der Waals surface area contributed by atoms with E-state index in [9.17, 15) is 9.90 Å². The van der Waals surface area contributed by atoms with E-state index in [1.807, 2.05) is 0 Å². The molecule has 3 heteroatoms. The second kappa shape index (κ2) is 6.62. The van der Waals surface area contributed by atoms with Gasteiger partial charge in [-0.05, 0) is 86.0 Å². The summed E-state index contributed by atoms with van der Waals surface area (Å²) >= 11 is 0. The number of aliphatic hydroxyl groups is 1.